The standard InChI is InChI=1S/C27H21OP.3C18H15P.C9H8O2.3ClH.2Os/c1-22-20-28-21-24(22)19-18-23(2)29(25-12-6-3-7-13-25,26-14-8-4-9-15-26)27-16-10-5-11-17-27;3*1-4-10-16(11-5-1)19(17-12-6-2-7-13-17)18-14-8-3-9-15-18;1-3-7-11-8-5-6-9(10)4-2;;;;;/h1,3-18H,20-21H2;3*1-15H;1-2,9-10H,7-8H2;3*1H;;/q-1;;;;;;;;;+2/p-3. The Labute approximate surface area is 641 Å². The molecular weight excluding hydrogens is 1740 g/mol. The third kappa shape index (κ3) is 25.2. The van der Waals surface area contributed by atoms with Gasteiger partial charge in [-0.2, -0.15) is 0 Å². The summed E-state index contributed by atoms with van der Waals surface area (Å²) in [5, 5.41) is 26.3. The zero-order valence-electron chi connectivity index (χ0n) is 55.7. The maximum absolute atomic E-state index is 8.71. The number of hydrogen-bond donors (Lipinski definition) is 1. The molecule has 1 fully saturated rings. The van der Waals surface area contributed by atoms with Crippen LogP contribution in [0.15, 0.2) is 387 Å². The number of aliphatic hydroxyl groups is 1. The predicted molar refractivity (Wildman–Crippen MR) is 432 cm³/mol. The van der Waals surface area contributed by atoms with Crippen molar-refractivity contribution in [1.29, 1.82) is 0 Å². The summed E-state index contributed by atoms with van der Waals surface area (Å²) < 4.78 is 13.8. The largest absolute Gasteiger partial charge is 0.0622 e. The molecule has 12 aromatic rings. The molecular formula is C90H74Cl3O3Os2P4-2. The molecule has 0 aromatic heterocycles. The fraction of sp³-hybridized carbons (Fsp3) is 0.0556. The Hall–Kier alpha value is -7.94. The smallest absolute Gasteiger partial charge is 0.0134 e. The van der Waals surface area contributed by atoms with Gasteiger partial charge in [-0.05, 0) is 71.5 Å². The van der Waals surface area contributed by atoms with Crippen LogP contribution in [0.3, 0.4) is 0 Å². The van der Waals surface area contributed by atoms with Crippen molar-refractivity contribution < 1.29 is 60.3 Å². The average Bonchev–Trinajstić information content (AvgIpc) is 0.947. The molecule has 0 amide bonds. The first-order chi connectivity index (χ1) is 49.8. The molecule has 1 atom stereocenters. The van der Waals surface area contributed by atoms with Crippen LogP contribution in [-0.4, -0.2) is 37.6 Å². The van der Waals surface area contributed by atoms with Gasteiger partial charge in [0.25, 0.3) is 0 Å². The number of benzene rings is 12. The number of halogens is 3. The first kappa shape index (κ1) is 81.4. The van der Waals surface area contributed by atoms with Crippen LogP contribution in [0, 0.1) is 53.6 Å². The van der Waals surface area contributed by atoms with Gasteiger partial charge in [-0.25, -0.2) is 0 Å². The van der Waals surface area contributed by atoms with Gasteiger partial charge in [0.15, 0.2) is 6.10 Å². The van der Waals surface area contributed by atoms with Crippen molar-refractivity contribution in [3.8, 4) is 40.9 Å². The van der Waals surface area contributed by atoms with E-state index < -0.39 is 52.5 Å². The molecule has 1 unspecified atom stereocenters. The van der Waals surface area contributed by atoms with Crippen LogP contribution in [0.4, 0.5) is 0 Å². The second-order valence-corrected chi connectivity index (χ2v) is 35.9. The van der Waals surface area contributed by atoms with Crippen molar-refractivity contribution in [2.45, 2.75) is 6.10 Å². The first-order valence-electron chi connectivity index (χ1n) is 32.1. The zero-order chi connectivity index (χ0) is 70.8. The maximum atomic E-state index is 8.71. The summed E-state index contributed by atoms with van der Waals surface area (Å²) in [5.41, 5.74) is 1.69. The normalized spacial score (nSPS) is 11.9. The SMILES string of the molecule is C#CCOCC#CC(O)C#C.[CH-]=C1COCC1=[C-]C=C([C]#[Os])[P+](c1ccccc1)(c1ccccc1)c1ccccc1.[Cl-].[Cl][Os][Cl].c1ccc(P(c2ccccc2)c2ccccc2)cc1.c1ccc(P(c2ccccc2)c2ccccc2)cc1.c1ccc(P(c2ccccc2)c2ccccc2)cc1. The third-order valence-corrected chi connectivity index (χ3v) is 27.7. The van der Waals surface area contributed by atoms with E-state index >= 15 is 0 Å². The zero-order valence-corrected chi connectivity index (χ0v) is 66.7. The minimum absolute atomic E-state index is 0. The molecule has 0 saturated carbocycles. The van der Waals surface area contributed by atoms with Crippen LogP contribution in [0.5, 0.6) is 0 Å². The van der Waals surface area contributed by atoms with E-state index in [4.69, 9.17) is 53.3 Å². The van der Waals surface area contributed by atoms with Crippen molar-refractivity contribution in [2.75, 3.05) is 26.4 Å². The van der Waals surface area contributed by atoms with E-state index in [2.05, 4.69) is 398 Å². The number of allylic oxidation sites excluding steroid dienone is 3. The summed E-state index contributed by atoms with van der Waals surface area (Å²) in [7, 11) is 6.32. The quantitative estimate of drug-likeness (QED) is 0.0453. The topological polar surface area (TPSA) is 38.7 Å². The Bertz CT molecular complexity index is 3930. The summed E-state index contributed by atoms with van der Waals surface area (Å²) in [6, 6.07) is 129. The Morgan fingerprint density at radius 3 is 0.912 bits per heavy atom. The van der Waals surface area contributed by atoms with Gasteiger partial charge in [0, 0.05) is 0 Å². The van der Waals surface area contributed by atoms with Crippen LogP contribution in [0.25, 0.3) is 0 Å². The molecule has 0 bridgehead atoms. The van der Waals surface area contributed by atoms with E-state index in [1.807, 2.05) is 5.92 Å². The Balaban J connectivity index is 0.000000182. The molecule has 12 aromatic carbocycles. The van der Waals surface area contributed by atoms with E-state index in [0.29, 0.717) is 13.2 Å². The van der Waals surface area contributed by atoms with E-state index in [0.717, 1.165) is 16.5 Å². The van der Waals surface area contributed by atoms with E-state index in [1.54, 1.807) is 17.9 Å². The number of hydrogen-bond acceptors (Lipinski definition) is 3. The van der Waals surface area contributed by atoms with E-state index in [1.165, 1.54) is 63.7 Å². The molecule has 102 heavy (non-hydrogen) atoms. The van der Waals surface area contributed by atoms with Crippen LogP contribution in [0.2, 0.25) is 0 Å². The molecule has 511 valence electrons. The van der Waals surface area contributed by atoms with Crippen molar-refractivity contribution in [1.82, 2.24) is 0 Å². The molecule has 12 heteroatoms. The summed E-state index contributed by atoms with van der Waals surface area (Å²) >= 11 is 1.11. The van der Waals surface area contributed by atoms with Crippen molar-refractivity contribution in [2.24, 2.45) is 0 Å². The molecule has 0 spiro atoms. The second-order valence-electron chi connectivity index (χ2n) is 21.6. The summed E-state index contributed by atoms with van der Waals surface area (Å²) in [5.74, 6) is 9.20. The molecule has 1 N–H and O–H groups in total. The monoisotopic (exact) mass is 1820 g/mol. The van der Waals surface area contributed by atoms with Gasteiger partial charge in [0.1, 0.15) is 13.2 Å². The Morgan fingerprint density at radius 2 is 0.706 bits per heavy atom. The minimum atomic E-state index is -2.15. The average molecular weight is 1810 g/mol. The molecule has 3 nitrogen and oxygen atoms in total. The van der Waals surface area contributed by atoms with E-state index in [9.17, 15) is 0 Å². The van der Waals surface area contributed by atoms with Gasteiger partial charge in [-0.1, -0.05) is 297 Å². The summed E-state index contributed by atoms with van der Waals surface area (Å²) in [6.45, 7) is 7.51. The molecule has 1 heterocycles. The summed E-state index contributed by atoms with van der Waals surface area (Å²) in [4.78, 5) is 0. The van der Waals surface area contributed by atoms with Crippen LogP contribution in [0.1, 0.15) is 0 Å². The number of rotatable bonds is 16. The number of aliphatic hydroxyl groups excluding tert-OH is 1. The van der Waals surface area contributed by atoms with Gasteiger partial charge >= 0.3 is 224 Å². The first-order valence-corrected chi connectivity index (χ1v) is 45.5. The Morgan fingerprint density at radius 1 is 0.461 bits per heavy atom. The van der Waals surface area contributed by atoms with Crippen LogP contribution < -0.4 is 76.1 Å². The van der Waals surface area contributed by atoms with Gasteiger partial charge in [-0.15, -0.1) is 12.8 Å². The minimum Gasteiger partial charge on any atom is -0.0622 e. The Kier molecular flexibility index (Phi) is 37.8. The third-order valence-electron chi connectivity index (χ3n) is 15.0. The van der Waals surface area contributed by atoms with Gasteiger partial charge in [-0.3, -0.25) is 0 Å². The second kappa shape index (κ2) is 47.4. The molecule has 1 saturated heterocycles. The van der Waals surface area contributed by atoms with E-state index in [-0.39, 0.29) is 25.6 Å². The molecule has 1 aliphatic rings. The van der Waals surface area contributed by atoms with Crippen LogP contribution >= 0.6 is 50.3 Å². The summed E-state index contributed by atoms with van der Waals surface area (Å²) in [6.07, 6.45) is 14.2. The van der Waals surface area contributed by atoms with Gasteiger partial charge in [0.05, 0.1) is 0 Å². The molecule has 0 aliphatic carbocycles. The molecule has 1 aliphatic heterocycles. The fourth-order valence-corrected chi connectivity index (χ4v) is 23.0. The van der Waals surface area contributed by atoms with Gasteiger partial charge in [0.2, 0.25) is 0 Å². The van der Waals surface area contributed by atoms with Gasteiger partial charge < -0.3 is 22.3 Å². The molecule has 13 rings (SSSR count). The molecule has 0 radical (unpaired) electrons. The van der Waals surface area contributed by atoms with Crippen molar-refractivity contribution in [3.63, 3.8) is 0 Å². The number of terminal acetylenes is 2. The maximum Gasteiger partial charge on any atom is -0.0134 e. The predicted octanol–water partition coefficient (Wildman–Crippen LogP) is 12.8. The van der Waals surface area contributed by atoms with Crippen molar-refractivity contribution in [3.05, 3.63) is 399 Å². The van der Waals surface area contributed by atoms with Crippen molar-refractivity contribution >= 4 is 114 Å². The number of ether oxygens (including phenoxy) is 2. The fourth-order valence-electron chi connectivity index (χ4n) is 10.6. The van der Waals surface area contributed by atoms with Crippen LogP contribution in [-0.2, 0) is 42.8 Å².